The molecule has 3 aromatic rings. The van der Waals surface area contributed by atoms with Crippen molar-refractivity contribution in [3.63, 3.8) is 0 Å². The van der Waals surface area contributed by atoms with E-state index in [2.05, 4.69) is 17.4 Å². The molecule has 0 unspecified atom stereocenters. The first-order chi connectivity index (χ1) is 7.42. The van der Waals surface area contributed by atoms with Gasteiger partial charge in [0.25, 0.3) is 0 Å². The maximum Gasteiger partial charge on any atom is 0.0749 e. The molecule has 0 aliphatic heterocycles. The standard InChI is InChI=1S/C12H9N3/c13-14-15-11-7-3-1-5-9(11)10-6-2-4-8-12(10)15/h1-8,13H. The molecule has 1 heterocycles. The number of fused-ring (bicyclic) bond motifs is 3. The molecule has 3 rings (SSSR count). The second-order valence-electron chi connectivity index (χ2n) is 3.45. The lowest BCUT2D eigenvalue weighted by Gasteiger charge is -1.94. The first-order valence-corrected chi connectivity index (χ1v) is 4.78. The zero-order valence-electron chi connectivity index (χ0n) is 8.01. The van der Waals surface area contributed by atoms with Crippen LogP contribution in [0, 0.1) is 5.53 Å². The average Bonchev–Trinajstić information content (AvgIpc) is 2.63. The topological polar surface area (TPSA) is 41.1 Å². The molecule has 0 saturated carbocycles. The van der Waals surface area contributed by atoms with Crippen molar-refractivity contribution in [1.82, 2.24) is 4.68 Å². The van der Waals surface area contributed by atoms with Gasteiger partial charge in [0.15, 0.2) is 0 Å². The van der Waals surface area contributed by atoms with E-state index in [1.807, 2.05) is 36.4 Å². The van der Waals surface area contributed by atoms with Gasteiger partial charge in [-0.15, -0.1) is 0 Å². The van der Waals surface area contributed by atoms with Crippen LogP contribution in [0.1, 0.15) is 0 Å². The number of para-hydroxylation sites is 2. The summed E-state index contributed by atoms with van der Waals surface area (Å²) in [5.74, 6) is 0. The van der Waals surface area contributed by atoms with Gasteiger partial charge in [0, 0.05) is 10.8 Å². The molecule has 0 aliphatic rings. The van der Waals surface area contributed by atoms with Crippen LogP contribution in [-0.2, 0) is 0 Å². The molecule has 0 spiro atoms. The largest absolute Gasteiger partial charge is 0.214 e. The third-order valence-corrected chi connectivity index (χ3v) is 2.65. The normalized spacial score (nSPS) is 10.9. The quantitative estimate of drug-likeness (QED) is 0.576. The van der Waals surface area contributed by atoms with Crippen molar-refractivity contribution < 1.29 is 0 Å². The van der Waals surface area contributed by atoms with Crippen molar-refractivity contribution >= 4 is 21.8 Å². The lowest BCUT2D eigenvalue weighted by Crippen LogP contribution is -1.83. The summed E-state index contributed by atoms with van der Waals surface area (Å²) in [5, 5.41) is 5.84. The molecule has 0 aliphatic carbocycles. The molecule has 0 bridgehead atoms. The maximum atomic E-state index is 7.21. The molecule has 1 aromatic heterocycles. The minimum Gasteiger partial charge on any atom is -0.214 e. The number of aromatic nitrogens is 1. The Morgan fingerprint density at radius 1 is 0.800 bits per heavy atom. The van der Waals surface area contributed by atoms with E-state index >= 15 is 0 Å². The lowest BCUT2D eigenvalue weighted by molar-refractivity contribution is 0.827. The van der Waals surface area contributed by atoms with Crippen molar-refractivity contribution in [2.75, 3.05) is 0 Å². The van der Waals surface area contributed by atoms with E-state index in [1.54, 1.807) is 4.68 Å². The zero-order valence-corrected chi connectivity index (χ0v) is 8.01. The highest BCUT2D eigenvalue weighted by molar-refractivity contribution is 6.07. The van der Waals surface area contributed by atoms with Gasteiger partial charge in [-0.1, -0.05) is 41.6 Å². The van der Waals surface area contributed by atoms with Gasteiger partial charge in [-0.05, 0) is 12.1 Å². The molecule has 3 heteroatoms. The summed E-state index contributed by atoms with van der Waals surface area (Å²) in [6.07, 6.45) is 0. The monoisotopic (exact) mass is 195 g/mol. The van der Waals surface area contributed by atoms with Crippen LogP contribution >= 0.6 is 0 Å². The Hall–Kier alpha value is -2.16. The second-order valence-corrected chi connectivity index (χ2v) is 3.45. The van der Waals surface area contributed by atoms with Gasteiger partial charge in [0.2, 0.25) is 0 Å². The third kappa shape index (κ3) is 1.00. The van der Waals surface area contributed by atoms with Crippen LogP contribution in [0.25, 0.3) is 21.8 Å². The van der Waals surface area contributed by atoms with Crippen LogP contribution in [0.5, 0.6) is 0 Å². The Labute approximate surface area is 86.4 Å². The summed E-state index contributed by atoms with van der Waals surface area (Å²) < 4.78 is 1.66. The van der Waals surface area contributed by atoms with Crippen molar-refractivity contribution in [2.45, 2.75) is 0 Å². The van der Waals surface area contributed by atoms with Gasteiger partial charge in [-0.3, -0.25) is 0 Å². The van der Waals surface area contributed by atoms with E-state index in [-0.39, 0.29) is 0 Å². The highest BCUT2D eigenvalue weighted by atomic mass is 15.4. The Kier molecular flexibility index (Phi) is 1.59. The van der Waals surface area contributed by atoms with Crippen molar-refractivity contribution in [1.29, 1.82) is 5.53 Å². The van der Waals surface area contributed by atoms with E-state index in [0.29, 0.717) is 0 Å². The molecular formula is C12H9N3. The molecule has 0 radical (unpaired) electrons. The fourth-order valence-corrected chi connectivity index (χ4v) is 2.01. The van der Waals surface area contributed by atoms with Gasteiger partial charge in [0.1, 0.15) is 0 Å². The van der Waals surface area contributed by atoms with Crippen molar-refractivity contribution in [3.8, 4) is 0 Å². The zero-order chi connectivity index (χ0) is 10.3. The minimum atomic E-state index is 0.980. The first-order valence-electron chi connectivity index (χ1n) is 4.78. The predicted octanol–water partition coefficient (Wildman–Crippen LogP) is 3.59. The summed E-state index contributed by atoms with van der Waals surface area (Å²) in [4.78, 5) is 0. The van der Waals surface area contributed by atoms with Gasteiger partial charge in [-0.2, -0.15) is 5.53 Å². The van der Waals surface area contributed by atoms with Crippen LogP contribution in [0.4, 0.5) is 0 Å². The average molecular weight is 195 g/mol. The molecule has 1 N–H and O–H groups in total. The van der Waals surface area contributed by atoms with Crippen LogP contribution in [-0.4, -0.2) is 4.68 Å². The SMILES string of the molecule is N=Nn1c2ccccc2c2ccccc21. The number of benzene rings is 2. The van der Waals surface area contributed by atoms with Crippen molar-refractivity contribution in [2.24, 2.45) is 5.22 Å². The molecule has 3 nitrogen and oxygen atoms in total. The lowest BCUT2D eigenvalue weighted by atomic mass is 10.2. The van der Waals surface area contributed by atoms with E-state index < -0.39 is 0 Å². The Morgan fingerprint density at radius 2 is 1.27 bits per heavy atom. The molecule has 0 amide bonds. The molecule has 15 heavy (non-hydrogen) atoms. The smallest absolute Gasteiger partial charge is 0.0749 e. The molecule has 2 aromatic carbocycles. The number of rotatable bonds is 1. The highest BCUT2D eigenvalue weighted by Crippen LogP contribution is 2.28. The van der Waals surface area contributed by atoms with E-state index in [4.69, 9.17) is 5.53 Å². The fraction of sp³-hybridized carbons (Fsp3) is 0. The minimum absolute atomic E-state index is 0.980. The molecule has 72 valence electrons. The number of nitrogens with one attached hydrogen (secondary N) is 1. The maximum absolute atomic E-state index is 7.21. The van der Waals surface area contributed by atoms with Gasteiger partial charge in [0.05, 0.1) is 11.0 Å². The van der Waals surface area contributed by atoms with E-state index in [1.165, 1.54) is 0 Å². The van der Waals surface area contributed by atoms with Gasteiger partial charge >= 0.3 is 0 Å². The van der Waals surface area contributed by atoms with Crippen LogP contribution in [0.2, 0.25) is 0 Å². The highest BCUT2D eigenvalue weighted by Gasteiger charge is 2.07. The van der Waals surface area contributed by atoms with E-state index in [0.717, 1.165) is 21.8 Å². The summed E-state index contributed by atoms with van der Waals surface area (Å²) in [6, 6.07) is 16.0. The molecule has 0 saturated heterocycles. The number of nitrogens with zero attached hydrogens (tertiary/aromatic N) is 2. The summed E-state index contributed by atoms with van der Waals surface area (Å²) in [7, 11) is 0. The summed E-state index contributed by atoms with van der Waals surface area (Å²) >= 11 is 0. The van der Waals surface area contributed by atoms with Crippen LogP contribution < -0.4 is 0 Å². The third-order valence-electron chi connectivity index (χ3n) is 2.65. The number of hydrogen-bond acceptors (Lipinski definition) is 2. The number of hydrogen-bond donors (Lipinski definition) is 1. The van der Waals surface area contributed by atoms with E-state index in [9.17, 15) is 0 Å². The molecule has 0 fully saturated rings. The Morgan fingerprint density at radius 3 is 1.73 bits per heavy atom. The second kappa shape index (κ2) is 2.92. The summed E-state index contributed by atoms with van der Waals surface area (Å²) in [6.45, 7) is 0. The van der Waals surface area contributed by atoms with Crippen LogP contribution in [0.3, 0.4) is 0 Å². The van der Waals surface area contributed by atoms with Crippen LogP contribution in [0.15, 0.2) is 53.8 Å². The summed E-state index contributed by atoms with van der Waals surface area (Å²) in [5.41, 5.74) is 9.17. The Balaban J connectivity index is 2.68. The predicted molar refractivity (Wildman–Crippen MR) is 60.0 cm³/mol. The van der Waals surface area contributed by atoms with Gasteiger partial charge in [-0.25, -0.2) is 4.68 Å². The first kappa shape index (κ1) is 8.17. The van der Waals surface area contributed by atoms with Crippen molar-refractivity contribution in [3.05, 3.63) is 48.5 Å². The Bertz CT molecular complexity index is 599. The molecule has 0 atom stereocenters. The molecular weight excluding hydrogens is 186 g/mol. The fourth-order valence-electron chi connectivity index (χ4n) is 2.01. The van der Waals surface area contributed by atoms with Gasteiger partial charge < -0.3 is 0 Å².